The maximum atomic E-state index is 13.9. The summed E-state index contributed by atoms with van der Waals surface area (Å²) in [6.07, 6.45) is -0.382. The quantitative estimate of drug-likeness (QED) is 0.364. The van der Waals surface area contributed by atoms with Crippen LogP contribution in [0.25, 0.3) is 11.1 Å². The summed E-state index contributed by atoms with van der Waals surface area (Å²) in [7, 11) is 3.51. The van der Waals surface area contributed by atoms with Crippen LogP contribution in [-0.4, -0.2) is 67.6 Å². The van der Waals surface area contributed by atoms with Crippen molar-refractivity contribution in [3.63, 3.8) is 0 Å². The second-order valence-electron chi connectivity index (χ2n) is 11.1. The Morgan fingerprint density at radius 3 is 2.53 bits per heavy atom. The molecule has 0 saturated carbocycles. The number of hydrogen-bond donors (Lipinski definition) is 1. The number of nitrogens with zero attached hydrogens (tertiary/aromatic N) is 2. The van der Waals surface area contributed by atoms with Crippen LogP contribution in [0.15, 0.2) is 97.1 Å². The van der Waals surface area contributed by atoms with Crippen molar-refractivity contribution in [2.75, 3.05) is 33.8 Å². The van der Waals surface area contributed by atoms with Crippen molar-refractivity contribution in [2.24, 2.45) is 0 Å². The van der Waals surface area contributed by atoms with Crippen LogP contribution in [0.2, 0.25) is 0 Å². The van der Waals surface area contributed by atoms with Gasteiger partial charge in [0.15, 0.2) is 11.5 Å². The van der Waals surface area contributed by atoms with Crippen molar-refractivity contribution >= 4 is 11.8 Å². The van der Waals surface area contributed by atoms with E-state index in [1.54, 1.807) is 12.0 Å². The third-order valence-electron chi connectivity index (χ3n) is 7.83. The van der Waals surface area contributed by atoms with Crippen LogP contribution in [0.1, 0.15) is 21.5 Å². The maximum Gasteiger partial charge on any atom is 0.254 e. The molecule has 43 heavy (non-hydrogen) atoms. The summed E-state index contributed by atoms with van der Waals surface area (Å²) in [4.78, 5) is 30.9. The number of hydrogen-bond acceptors (Lipinski definition) is 6. The van der Waals surface area contributed by atoms with Gasteiger partial charge in [0, 0.05) is 25.2 Å². The van der Waals surface area contributed by atoms with Gasteiger partial charge in [-0.15, -0.1) is 0 Å². The van der Waals surface area contributed by atoms with E-state index in [0.29, 0.717) is 49.1 Å². The summed E-state index contributed by atoms with van der Waals surface area (Å²) in [6, 6.07) is 30.7. The predicted molar refractivity (Wildman–Crippen MR) is 164 cm³/mol. The molecule has 1 saturated heterocycles. The number of rotatable bonds is 3. The lowest BCUT2D eigenvalue weighted by atomic mass is 9.99. The Balaban J connectivity index is 1.27. The third-order valence-corrected chi connectivity index (χ3v) is 7.83. The second kappa shape index (κ2) is 12.7. The number of amides is 2. The Bertz CT molecular complexity index is 1610. The van der Waals surface area contributed by atoms with E-state index in [1.165, 1.54) is 0 Å². The molecule has 220 valence electrons. The highest BCUT2D eigenvalue weighted by Crippen LogP contribution is 2.33. The first-order valence-electron chi connectivity index (χ1n) is 14.4. The van der Waals surface area contributed by atoms with Crippen LogP contribution in [0.5, 0.6) is 17.2 Å². The van der Waals surface area contributed by atoms with E-state index >= 15 is 0 Å². The molecule has 1 N–H and O–H groups in total. The summed E-state index contributed by atoms with van der Waals surface area (Å²) >= 11 is 0. The van der Waals surface area contributed by atoms with Gasteiger partial charge in [-0.05, 0) is 59.6 Å². The number of ether oxygens (including phenoxy) is 3. The van der Waals surface area contributed by atoms with Gasteiger partial charge in [0.05, 0.1) is 32.4 Å². The van der Waals surface area contributed by atoms with Gasteiger partial charge in [-0.2, -0.15) is 0 Å². The Labute approximate surface area is 251 Å². The van der Waals surface area contributed by atoms with Crippen molar-refractivity contribution in [3.05, 3.63) is 114 Å². The molecule has 0 aliphatic carbocycles. The number of benzene rings is 4. The van der Waals surface area contributed by atoms with E-state index in [4.69, 9.17) is 14.2 Å². The van der Waals surface area contributed by atoms with Gasteiger partial charge < -0.3 is 24.4 Å². The first-order chi connectivity index (χ1) is 21.0. The molecule has 4 aromatic rings. The SMILES string of the molecule is COc1ccc2cc1Oc1cccc(c1)CO[C@H]1CN(C(=O)c3ccccc3-c3ccccc3)C[C@@H]1NC(=O)CN(C)C2. The van der Waals surface area contributed by atoms with Gasteiger partial charge in [-0.1, -0.05) is 66.7 Å². The zero-order valence-corrected chi connectivity index (χ0v) is 24.4. The largest absolute Gasteiger partial charge is 0.493 e. The van der Waals surface area contributed by atoms with Crippen LogP contribution in [0.3, 0.4) is 0 Å². The molecule has 0 unspecified atom stereocenters. The van der Waals surface area contributed by atoms with Crippen molar-refractivity contribution < 1.29 is 23.8 Å². The molecule has 0 spiro atoms. The maximum absolute atomic E-state index is 13.9. The zero-order chi connectivity index (χ0) is 29.8. The summed E-state index contributed by atoms with van der Waals surface area (Å²) in [6.45, 7) is 1.75. The first kappa shape index (κ1) is 28.5. The minimum absolute atomic E-state index is 0.0866. The molecule has 6 rings (SSSR count). The molecule has 4 aromatic carbocycles. The predicted octanol–water partition coefficient (Wildman–Crippen LogP) is 5.13. The van der Waals surface area contributed by atoms with E-state index in [9.17, 15) is 9.59 Å². The average Bonchev–Trinajstić information content (AvgIpc) is 3.42. The summed E-state index contributed by atoms with van der Waals surface area (Å²) < 4.78 is 18.2. The van der Waals surface area contributed by atoms with Gasteiger partial charge in [0.25, 0.3) is 5.91 Å². The summed E-state index contributed by atoms with van der Waals surface area (Å²) in [5.41, 5.74) is 4.39. The van der Waals surface area contributed by atoms with E-state index in [-0.39, 0.29) is 30.5 Å². The molecule has 0 aromatic heterocycles. The summed E-state index contributed by atoms with van der Waals surface area (Å²) in [5, 5.41) is 3.16. The fourth-order valence-corrected chi connectivity index (χ4v) is 5.75. The van der Waals surface area contributed by atoms with Crippen LogP contribution >= 0.6 is 0 Å². The van der Waals surface area contributed by atoms with E-state index in [0.717, 1.165) is 22.3 Å². The van der Waals surface area contributed by atoms with Crippen molar-refractivity contribution in [1.82, 2.24) is 15.1 Å². The zero-order valence-electron chi connectivity index (χ0n) is 24.4. The van der Waals surface area contributed by atoms with E-state index < -0.39 is 0 Å². The van der Waals surface area contributed by atoms with Crippen LogP contribution < -0.4 is 14.8 Å². The average molecular weight is 578 g/mol. The fraction of sp³-hybridized carbons (Fsp3) is 0.257. The van der Waals surface area contributed by atoms with Gasteiger partial charge >= 0.3 is 0 Å². The Kier molecular flexibility index (Phi) is 8.40. The van der Waals surface area contributed by atoms with E-state index in [1.807, 2.05) is 109 Å². The summed E-state index contributed by atoms with van der Waals surface area (Å²) in [5.74, 6) is 1.68. The lowest BCUT2D eigenvalue weighted by molar-refractivity contribution is -0.123. The molecule has 2 heterocycles. The van der Waals surface area contributed by atoms with Gasteiger partial charge in [0.2, 0.25) is 5.91 Å². The highest BCUT2D eigenvalue weighted by molar-refractivity contribution is 6.01. The number of carbonyl (C=O) groups is 2. The molecule has 4 bridgehead atoms. The molecule has 0 radical (unpaired) electrons. The van der Waals surface area contributed by atoms with Gasteiger partial charge in [-0.3, -0.25) is 14.5 Å². The number of nitrogens with one attached hydrogen (secondary N) is 1. The van der Waals surface area contributed by atoms with E-state index in [2.05, 4.69) is 5.32 Å². The molecular weight excluding hydrogens is 542 g/mol. The standard InChI is InChI=1S/C35H35N3O5/c1-37-19-24-15-16-31(41-2)32(18-24)43-27-12-8-9-25(17-27)23-42-33-21-38(20-30(33)36-34(39)22-37)35(40)29-14-7-6-13-28(29)26-10-4-3-5-11-26/h3-18,30,33H,19-23H2,1-2H3,(H,36,39)/t30-,33-/m0/s1. The normalized spacial score (nSPS) is 19.2. The van der Waals surface area contributed by atoms with Crippen LogP contribution in [0, 0.1) is 0 Å². The third kappa shape index (κ3) is 6.56. The molecule has 8 nitrogen and oxygen atoms in total. The van der Waals surface area contributed by atoms with Crippen molar-refractivity contribution in [2.45, 2.75) is 25.3 Å². The Morgan fingerprint density at radius 1 is 0.884 bits per heavy atom. The first-order valence-corrected chi connectivity index (χ1v) is 14.4. The molecule has 1 fully saturated rings. The molecule has 2 aliphatic heterocycles. The van der Waals surface area contributed by atoms with Gasteiger partial charge in [0.1, 0.15) is 5.75 Å². The van der Waals surface area contributed by atoms with Crippen molar-refractivity contribution in [3.8, 4) is 28.4 Å². The highest BCUT2D eigenvalue weighted by atomic mass is 16.5. The second-order valence-corrected chi connectivity index (χ2v) is 11.1. The highest BCUT2D eigenvalue weighted by Gasteiger charge is 2.38. The Morgan fingerprint density at radius 2 is 1.70 bits per heavy atom. The molecule has 8 heteroatoms. The number of carbonyl (C=O) groups excluding carboxylic acids is 2. The lowest BCUT2D eigenvalue weighted by Gasteiger charge is -2.23. The minimum atomic E-state index is -0.382. The molecule has 2 aliphatic rings. The monoisotopic (exact) mass is 577 g/mol. The Hall–Kier alpha value is -4.66. The van der Waals surface area contributed by atoms with Crippen LogP contribution in [0.4, 0.5) is 0 Å². The smallest absolute Gasteiger partial charge is 0.254 e. The number of fused-ring (bicyclic) bond motifs is 5. The van der Waals surface area contributed by atoms with Gasteiger partial charge in [-0.25, -0.2) is 0 Å². The molecular formula is C35H35N3O5. The lowest BCUT2D eigenvalue weighted by Crippen LogP contribution is -2.47. The number of methoxy groups -OCH3 is 1. The molecule has 2 atom stereocenters. The topological polar surface area (TPSA) is 80.3 Å². The van der Waals surface area contributed by atoms with Crippen molar-refractivity contribution in [1.29, 1.82) is 0 Å². The number of likely N-dealkylation sites (N-methyl/N-ethyl adjacent to an activating group) is 1. The fourth-order valence-electron chi connectivity index (χ4n) is 5.75. The molecule has 2 amide bonds. The number of likely N-dealkylation sites (tertiary alicyclic amines) is 1. The minimum Gasteiger partial charge on any atom is -0.493 e. The van der Waals surface area contributed by atoms with Crippen LogP contribution in [-0.2, 0) is 22.7 Å².